The van der Waals surface area contributed by atoms with Crippen molar-refractivity contribution >= 4 is 17.1 Å². The Hall–Kier alpha value is -2.87. The Kier molecular flexibility index (Phi) is 4.69. The van der Waals surface area contributed by atoms with Crippen molar-refractivity contribution in [2.45, 2.75) is 26.5 Å². The summed E-state index contributed by atoms with van der Waals surface area (Å²) in [5.74, 6) is 0.444. The number of anilines is 1. The van der Waals surface area contributed by atoms with Crippen LogP contribution in [0.2, 0.25) is 0 Å². The first-order chi connectivity index (χ1) is 12.3. The topological polar surface area (TPSA) is 94.1 Å². The third kappa shape index (κ3) is 3.15. The molecule has 0 aliphatic heterocycles. The molecule has 0 radical (unpaired) electrons. The Balaban J connectivity index is 2.22. The molecule has 3 rings (SSSR count). The summed E-state index contributed by atoms with van der Waals surface area (Å²) in [5, 5.41) is 12.6. The molecule has 0 aliphatic carbocycles. The fraction of sp³-hybridized carbons (Fsp3) is 0.389. The number of aliphatic hydroxyl groups is 1. The fourth-order valence-corrected chi connectivity index (χ4v) is 2.85. The molecule has 0 saturated heterocycles. The van der Waals surface area contributed by atoms with Crippen LogP contribution in [0.25, 0.3) is 11.2 Å². The zero-order valence-corrected chi connectivity index (χ0v) is 15.4. The van der Waals surface area contributed by atoms with E-state index in [-0.39, 0.29) is 6.54 Å². The van der Waals surface area contributed by atoms with Crippen LogP contribution in [0.1, 0.15) is 18.1 Å². The summed E-state index contributed by atoms with van der Waals surface area (Å²) in [6, 6.07) is 7.99. The Morgan fingerprint density at radius 1 is 1.15 bits per heavy atom. The first-order valence-corrected chi connectivity index (χ1v) is 8.43. The number of aliphatic hydroxyl groups excluding tert-OH is 1. The molecule has 1 atom stereocenters. The van der Waals surface area contributed by atoms with Crippen molar-refractivity contribution in [3.63, 3.8) is 0 Å². The molecule has 0 bridgehead atoms. The van der Waals surface area contributed by atoms with E-state index in [4.69, 9.17) is 0 Å². The second-order valence-electron chi connectivity index (χ2n) is 6.62. The number of rotatable bonds is 5. The van der Waals surface area contributed by atoms with Crippen LogP contribution in [0.3, 0.4) is 0 Å². The van der Waals surface area contributed by atoms with E-state index >= 15 is 0 Å². The van der Waals surface area contributed by atoms with Crippen molar-refractivity contribution in [1.82, 2.24) is 18.7 Å². The molecule has 3 aromatic rings. The smallest absolute Gasteiger partial charge is 0.332 e. The van der Waals surface area contributed by atoms with Gasteiger partial charge in [-0.15, -0.1) is 0 Å². The van der Waals surface area contributed by atoms with Gasteiger partial charge in [0.05, 0.1) is 12.6 Å². The molecule has 2 aromatic heterocycles. The minimum Gasteiger partial charge on any atom is -0.392 e. The average Bonchev–Trinajstić information content (AvgIpc) is 2.96. The lowest BCUT2D eigenvalue weighted by Gasteiger charge is -2.12. The SMILES string of the molecule is Cc1ccc(Cn2c(NC[C@H](C)O)nc3c2c(=O)n(C)c(=O)n3C)cc1. The normalized spacial score (nSPS) is 12.5. The predicted molar refractivity (Wildman–Crippen MR) is 101 cm³/mol. The third-order valence-corrected chi connectivity index (χ3v) is 4.36. The van der Waals surface area contributed by atoms with E-state index in [0.29, 0.717) is 23.7 Å². The molecule has 0 saturated carbocycles. The molecule has 8 nitrogen and oxygen atoms in total. The summed E-state index contributed by atoms with van der Waals surface area (Å²) < 4.78 is 4.19. The average molecular weight is 357 g/mol. The van der Waals surface area contributed by atoms with Gasteiger partial charge in [-0.1, -0.05) is 29.8 Å². The number of aromatic nitrogens is 4. The largest absolute Gasteiger partial charge is 0.392 e. The van der Waals surface area contributed by atoms with E-state index in [9.17, 15) is 14.7 Å². The number of benzene rings is 1. The van der Waals surface area contributed by atoms with Crippen LogP contribution in [-0.2, 0) is 20.6 Å². The van der Waals surface area contributed by atoms with Crippen molar-refractivity contribution in [2.75, 3.05) is 11.9 Å². The lowest BCUT2D eigenvalue weighted by atomic mass is 10.1. The van der Waals surface area contributed by atoms with Gasteiger partial charge in [0.25, 0.3) is 5.56 Å². The van der Waals surface area contributed by atoms with E-state index in [1.807, 2.05) is 31.2 Å². The molecular weight excluding hydrogens is 334 g/mol. The number of imidazole rings is 1. The van der Waals surface area contributed by atoms with Gasteiger partial charge in [0.1, 0.15) is 0 Å². The minimum atomic E-state index is -0.575. The van der Waals surface area contributed by atoms with E-state index in [0.717, 1.165) is 15.7 Å². The Bertz CT molecular complexity index is 1060. The van der Waals surface area contributed by atoms with Crippen LogP contribution < -0.4 is 16.6 Å². The number of fused-ring (bicyclic) bond motifs is 1. The molecule has 2 N–H and O–H groups in total. The van der Waals surface area contributed by atoms with Crippen molar-refractivity contribution in [1.29, 1.82) is 0 Å². The first kappa shape index (κ1) is 17.9. The third-order valence-electron chi connectivity index (χ3n) is 4.36. The number of nitrogens with zero attached hydrogens (tertiary/aromatic N) is 4. The highest BCUT2D eigenvalue weighted by molar-refractivity contribution is 5.74. The number of hydrogen-bond acceptors (Lipinski definition) is 5. The van der Waals surface area contributed by atoms with Crippen molar-refractivity contribution in [3.05, 3.63) is 56.2 Å². The van der Waals surface area contributed by atoms with Crippen LogP contribution in [0.15, 0.2) is 33.9 Å². The van der Waals surface area contributed by atoms with Gasteiger partial charge in [0.15, 0.2) is 11.2 Å². The van der Waals surface area contributed by atoms with Crippen LogP contribution in [0.4, 0.5) is 5.95 Å². The summed E-state index contributed by atoms with van der Waals surface area (Å²) in [6.07, 6.45) is -0.575. The maximum atomic E-state index is 12.7. The van der Waals surface area contributed by atoms with Gasteiger partial charge in [-0.2, -0.15) is 4.98 Å². The van der Waals surface area contributed by atoms with Crippen LogP contribution in [0.5, 0.6) is 0 Å². The summed E-state index contributed by atoms with van der Waals surface area (Å²) >= 11 is 0. The molecule has 0 amide bonds. The van der Waals surface area contributed by atoms with Crippen molar-refractivity contribution < 1.29 is 5.11 Å². The zero-order valence-electron chi connectivity index (χ0n) is 15.4. The maximum absolute atomic E-state index is 12.7. The molecule has 1 aromatic carbocycles. The monoisotopic (exact) mass is 357 g/mol. The maximum Gasteiger partial charge on any atom is 0.332 e. The standard InChI is InChI=1S/C18H23N5O3/c1-11-5-7-13(8-6-11)10-23-14-15(20-17(23)19-9-12(2)24)21(3)18(26)22(4)16(14)25/h5-8,12,24H,9-10H2,1-4H3,(H,19,20)/t12-/m0/s1. The van der Waals surface area contributed by atoms with Crippen molar-refractivity contribution in [2.24, 2.45) is 14.1 Å². The molecule has 0 aliphatic rings. The zero-order chi connectivity index (χ0) is 19.0. The molecular formula is C18H23N5O3. The second kappa shape index (κ2) is 6.80. The van der Waals surface area contributed by atoms with Gasteiger partial charge in [-0.3, -0.25) is 18.5 Å². The minimum absolute atomic E-state index is 0.283. The second-order valence-corrected chi connectivity index (χ2v) is 6.62. The van der Waals surface area contributed by atoms with E-state index in [1.165, 1.54) is 11.6 Å². The van der Waals surface area contributed by atoms with Gasteiger partial charge in [0, 0.05) is 20.6 Å². The van der Waals surface area contributed by atoms with E-state index < -0.39 is 17.4 Å². The molecule has 0 spiro atoms. The van der Waals surface area contributed by atoms with Crippen LogP contribution in [-0.4, -0.2) is 36.4 Å². The number of hydrogen-bond donors (Lipinski definition) is 2. The summed E-state index contributed by atoms with van der Waals surface area (Å²) in [7, 11) is 3.04. The van der Waals surface area contributed by atoms with Gasteiger partial charge < -0.3 is 10.4 Å². The summed E-state index contributed by atoms with van der Waals surface area (Å²) in [6.45, 7) is 4.38. The highest BCUT2D eigenvalue weighted by Gasteiger charge is 2.19. The van der Waals surface area contributed by atoms with Gasteiger partial charge in [0.2, 0.25) is 5.95 Å². The van der Waals surface area contributed by atoms with Crippen molar-refractivity contribution in [3.8, 4) is 0 Å². The molecule has 2 heterocycles. The van der Waals surface area contributed by atoms with Crippen LogP contribution in [0, 0.1) is 6.92 Å². The summed E-state index contributed by atoms with van der Waals surface area (Å²) in [5.41, 5.74) is 2.00. The highest BCUT2D eigenvalue weighted by atomic mass is 16.3. The van der Waals surface area contributed by atoms with Gasteiger partial charge in [-0.05, 0) is 19.4 Å². The first-order valence-electron chi connectivity index (χ1n) is 8.43. The van der Waals surface area contributed by atoms with E-state index in [2.05, 4.69) is 10.3 Å². The van der Waals surface area contributed by atoms with Gasteiger partial charge >= 0.3 is 5.69 Å². The van der Waals surface area contributed by atoms with E-state index in [1.54, 1.807) is 18.5 Å². The molecule has 26 heavy (non-hydrogen) atoms. The van der Waals surface area contributed by atoms with Gasteiger partial charge in [-0.25, -0.2) is 4.79 Å². The molecule has 8 heteroatoms. The Labute approximate surface area is 150 Å². The number of nitrogens with one attached hydrogen (secondary N) is 1. The predicted octanol–water partition coefficient (Wildman–Crippen LogP) is 0.583. The molecule has 0 fully saturated rings. The number of aryl methyl sites for hydroxylation is 2. The molecule has 0 unspecified atom stereocenters. The fourth-order valence-electron chi connectivity index (χ4n) is 2.85. The Morgan fingerprint density at radius 2 is 1.81 bits per heavy atom. The van der Waals surface area contributed by atoms with Crippen LogP contribution >= 0.6 is 0 Å². The lowest BCUT2D eigenvalue weighted by Crippen LogP contribution is -2.37. The summed E-state index contributed by atoms with van der Waals surface area (Å²) in [4.78, 5) is 29.4. The highest BCUT2D eigenvalue weighted by Crippen LogP contribution is 2.18. The molecule has 138 valence electrons. The quantitative estimate of drug-likeness (QED) is 0.697. The Morgan fingerprint density at radius 3 is 2.42 bits per heavy atom. The lowest BCUT2D eigenvalue weighted by molar-refractivity contribution is 0.208.